The summed E-state index contributed by atoms with van der Waals surface area (Å²) in [6, 6.07) is 0.397. The number of halogens is 1. The van der Waals surface area contributed by atoms with Gasteiger partial charge in [-0.3, -0.25) is 9.79 Å². The number of likely N-dealkylation sites (tertiary alicyclic amines) is 2. The Balaban J connectivity index is 0.00000312. The summed E-state index contributed by atoms with van der Waals surface area (Å²) in [5, 5.41) is 6.62. The molecule has 2 aliphatic heterocycles. The second kappa shape index (κ2) is 12.7. The molecule has 1 amide bonds. The molecule has 0 spiro atoms. The van der Waals surface area contributed by atoms with Gasteiger partial charge in [0.15, 0.2) is 5.96 Å². The number of guanidine groups is 1. The Morgan fingerprint density at radius 2 is 1.72 bits per heavy atom. The fraction of sp³-hybridized carbons (Fsp3) is 0.889. The number of aliphatic imine (C=N–C) groups is 1. The van der Waals surface area contributed by atoms with Crippen molar-refractivity contribution in [1.82, 2.24) is 20.4 Å². The van der Waals surface area contributed by atoms with Gasteiger partial charge in [0.05, 0.1) is 0 Å². The molecule has 0 aromatic rings. The second-order valence-electron chi connectivity index (χ2n) is 7.01. The van der Waals surface area contributed by atoms with Crippen molar-refractivity contribution in [3.63, 3.8) is 0 Å². The van der Waals surface area contributed by atoms with E-state index in [0.29, 0.717) is 19.0 Å². The van der Waals surface area contributed by atoms with Gasteiger partial charge in [-0.15, -0.1) is 24.0 Å². The molecule has 25 heavy (non-hydrogen) atoms. The Labute approximate surface area is 170 Å². The number of hydrogen-bond donors (Lipinski definition) is 2. The van der Waals surface area contributed by atoms with Gasteiger partial charge in [0.25, 0.3) is 0 Å². The quantitative estimate of drug-likeness (QED) is 0.358. The minimum absolute atomic E-state index is 0. The summed E-state index contributed by atoms with van der Waals surface area (Å²) in [5.41, 5.74) is 0. The van der Waals surface area contributed by atoms with E-state index in [1.807, 2.05) is 4.90 Å². The van der Waals surface area contributed by atoms with Crippen molar-refractivity contribution in [1.29, 1.82) is 0 Å². The first-order valence-electron chi connectivity index (χ1n) is 9.67. The molecule has 0 radical (unpaired) electrons. The monoisotopic (exact) mass is 465 g/mol. The van der Waals surface area contributed by atoms with E-state index in [1.165, 1.54) is 38.8 Å². The summed E-state index contributed by atoms with van der Waals surface area (Å²) in [6.45, 7) is 8.12. The van der Waals surface area contributed by atoms with Crippen LogP contribution in [0.25, 0.3) is 0 Å². The summed E-state index contributed by atoms with van der Waals surface area (Å²) >= 11 is 0. The van der Waals surface area contributed by atoms with Crippen molar-refractivity contribution in [3.8, 4) is 0 Å². The smallest absolute Gasteiger partial charge is 0.224 e. The predicted molar refractivity (Wildman–Crippen MR) is 115 cm³/mol. The normalized spacial score (nSPS) is 22.2. The van der Waals surface area contributed by atoms with E-state index in [0.717, 1.165) is 38.4 Å². The summed E-state index contributed by atoms with van der Waals surface area (Å²) in [4.78, 5) is 21.1. The molecule has 146 valence electrons. The minimum atomic E-state index is 0. The highest BCUT2D eigenvalue weighted by molar-refractivity contribution is 14.0. The van der Waals surface area contributed by atoms with Gasteiger partial charge >= 0.3 is 0 Å². The lowest BCUT2D eigenvalue weighted by Gasteiger charge is -2.33. The van der Waals surface area contributed by atoms with Crippen LogP contribution in [0.2, 0.25) is 0 Å². The lowest BCUT2D eigenvalue weighted by Crippen LogP contribution is -2.45. The first-order valence-corrected chi connectivity index (χ1v) is 9.67. The van der Waals surface area contributed by atoms with Crippen molar-refractivity contribution >= 4 is 35.8 Å². The molecule has 2 N–H and O–H groups in total. The maximum absolute atomic E-state index is 12.3. The molecule has 6 nitrogen and oxygen atoms in total. The molecular weight excluding hydrogens is 429 g/mol. The van der Waals surface area contributed by atoms with Crippen LogP contribution in [-0.4, -0.2) is 74.0 Å². The van der Waals surface area contributed by atoms with Crippen molar-refractivity contribution in [2.45, 2.75) is 57.9 Å². The van der Waals surface area contributed by atoms with E-state index >= 15 is 0 Å². The van der Waals surface area contributed by atoms with E-state index in [2.05, 4.69) is 27.4 Å². The average molecular weight is 465 g/mol. The van der Waals surface area contributed by atoms with E-state index in [-0.39, 0.29) is 29.9 Å². The molecule has 7 heteroatoms. The van der Waals surface area contributed by atoms with Crippen LogP contribution in [0.15, 0.2) is 4.99 Å². The molecule has 1 atom stereocenters. The van der Waals surface area contributed by atoms with Gasteiger partial charge in [-0.05, 0) is 52.1 Å². The first-order chi connectivity index (χ1) is 11.7. The first kappa shape index (κ1) is 22.5. The number of carbonyl (C=O) groups excluding carboxylic acids is 1. The Bertz CT molecular complexity index is 412. The molecule has 0 saturated carbocycles. The molecule has 0 aromatic carbocycles. The van der Waals surface area contributed by atoms with Gasteiger partial charge in [-0.25, -0.2) is 0 Å². The fourth-order valence-electron chi connectivity index (χ4n) is 3.64. The van der Waals surface area contributed by atoms with Gasteiger partial charge in [0.2, 0.25) is 5.91 Å². The summed E-state index contributed by atoms with van der Waals surface area (Å²) < 4.78 is 0. The second-order valence-corrected chi connectivity index (χ2v) is 7.01. The molecule has 2 heterocycles. The molecule has 2 fully saturated rings. The standard InChI is InChI=1S/C18H35N5O.HI/c1-16-8-4-7-14-23(16)17(24)9-10-20-18(19-2)21-11-15-22-12-5-3-6-13-22;/h16H,3-15H2,1-2H3,(H2,19,20,21);1H. The topological polar surface area (TPSA) is 60.0 Å². The van der Waals surface area contributed by atoms with Crippen LogP contribution in [0.5, 0.6) is 0 Å². The summed E-state index contributed by atoms with van der Waals surface area (Å²) in [5.74, 6) is 1.06. The number of piperidine rings is 2. The van der Waals surface area contributed by atoms with E-state index in [1.54, 1.807) is 7.05 Å². The van der Waals surface area contributed by atoms with Gasteiger partial charge in [0.1, 0.15) is 0 Å². The van der Waals surface area contributed by atoms with Crippen LogP contribution in [0.1, 0.15) is 51.9 Å². The largest absolute Gasteiger partial charge is 0.356 e. The molecule has 0 aliphatic carbocycles. The highest BCUT2D eigenvalue weighted by atomic mass is 127. The zero-order chi connectivity index (χ0) is 17.2. The van der Waals surface area contributed by atoms with Crippen LogP contribution in [-0.2, 0) is 4.79 Å². The maximum atomic E-state index is 12.3. The van der Waals surface area contributed by atoms with Crippen LogP contribution in [0.4, 0.5) is 0 Å². The molecular formula is C18H36IN5O. The zero-order valence-corrected chi connectivity index (χ0v) is 18.3. The van der Waals surface area contributed by atoms with Gasteiger partial charge in [-0.1, -0.05) is 6.42 Å². The molecule has 2 rings (SSSR count). The Morgan fingerprint density at radius 1 is 1.04 bits per heavy atom. The van der Waals surface area contributed by atoms with Gasteiger partial charge in [0, 0.05) is 45.7 Å². The van der Waals surface area contributed by atoms with E-state index in [9.17, 15) is 4.79 Å². The molecule has 2 aliphatic rings. The summed E-state index contributed by atoms with van der Waals surface area (Å²) in [6.07, 6.45) is 8.08. The lowest BCUT2D eigenvalue weighted by atomic mass is 10.0. The van der Waals surface area contributed by atoms with Crippen LogP contribution >= 0.6 is 24.0 Å². The molecule has 2 saturated heterocycles. The number of nitrogens with zero attached hydrogens (tertiary/aromatic N) is 3. The van der Waals surface area contributed by atoms with Crippen molar-refractivity contribution in [3.05, 3.63) is 0 Å². The third-order valence-electron chi connectivity index (χ3n) is 5.15. The van der Waals surface area contributed by atoms with Gasteiger partial charge in [-0.2, -0.15) is 0 Å². The van der Waals surface area contributed by atoms with Crippen molar-refractivity contribution < 1.29 is 4.79 Å². The van der Waals surface area contributed by atoms with Crippen molar-refractivity contribution in [2.24, 2.45) is 4.99 Å². The predicted octanol–water partition coefficient (Wildman–Crippen LogP) is 2.05. The summed E-state index contributed by atoms with van der Waals surface area (Å²) in [7, 11) is 1.78. The highest BCUT2D eigenvalue weighted by Crippen LogP contribution is 2.16. The third-order valence-corrected chi connectivity index (χ3v) is 5.15. The Kier molecular flexibility index (Phi) is 11.4. The average Bonchev–Trinajstić information content (AvgIpc) is 2.61. The number of amides is 1. The molecule has 0 aromatic heterocycles. The van der Waals surface area contributed by atoms with E-state index < -0.39 is 0 Å². The highest BCUT2D eigenvalue weighted by Gasteiger charge is 2.22. The van der Waals surface area contributed by atoms with E-state index in [4.69, 9.17) is 0 Å². The number of nitrogens with one attached hydrogen (secondary N) is 2. The van der Waals surface area contributed by atoms with Crippen LogP contribution in [0.3, 0.4) is 0 Å². The minimum Gasteiger partial charge on any atom is -0.356 e. The third kappa shape index (κ3) is 8.11. The molecule has 1 unspecified atom stereocenters. The number of rotatable bonds is 6. The number of carbonyl (C=O) groups is 1. The number of hydrogen-bond acceptors (Lipinski definition) is 3. The SMILES string of the molecule is CN=C(NCCC(=O)N1CCCCC1C)NCCN1CCCCC1.I. The Hall–Kier alpha value is -0.570. The van der Waals surface area contributed by atoms with Crippen LogP contribution in [0, 0.1) is 0 Å². The fourth-order valence-corrected chi connectivity index (χ4v) is 3.64. The molecule has 0 bridgehead atoms. The van der Waals surface area contributed by atoms with Crippen LogP contribution < -0.4 is 10.6 Å². The van der Waals surface area contributed by atoms with Gasteiger partial charge < -0.3 is 20.4 Å². The zero-order valence-electron chi connectivity index (χ0n) is 15.9. The lowest BCUT2D eigenvalue weighted by molar-refractivity contribution is -0.134. The maximum Gasteiger partial charge on any atom is 0.224 e. The van der Waals surface area contributed by atoms with Crippen molar-refractivity contribution in [2.75, 3.05) is 46.3 Å². The Morgan fingerprint density at radius 3 is 2.40 bits per heavy atom.